The number of hydrogen-bond acceptors (Lipinski definition) is 2. The third-order valence-corrected chi connectivity index (χ3v) is 5.72. The molecular weight excluding hydrogens is 374 g/mol. The van der Waals surface area contributed by atoms with Gasteiger partial charge in [-0.05, 0) is 54.9 Å². The molecule has 4 heteroatoms. The molecule has 3 aromatic rings. The zero-order valence-electron chi connectivity index (χ0n) is 16.5. The number of thiocarbonyl (C=S) groups is 1. The Labute approximate surface area is 178 Å². The summed E-state index contributed by atoms with van der Waals surface area (Å²) in [5, 5.41) is 7.61. The summed E-state index contributed by atoms with van der Waals surface area (Å²) in [6.45, 7) is 2.08. The molecular formula is C25H27N3S. The number of anilines is 1. The van der Waals surface area contributed by atoms with Crippen LogP contribution in [0.5, 0.6) is 0 Å². The van der Waals surface area contributed by atoms with Gasteiger partial charge in [0.1, 0.15) is 0 Å². The quantitative estimate of drug-likeness (QED) is 0.542. The van der Waals surface area contributed by atoms with Crippen LogP contribution in [-0.2, 0) is 6.54 Å². The highest BCUT2D eigenvalue weighted by Gasteiger charge is 2.33. The fourth-order valence-corrected chi connectivity index (χ4v) is 4.38. The van der Waals surface area contributed by atoms with E-state index in [2.05, 4.69) is 76.2 Å². The van der Waals surface area contributed by atoms with E-state index in [4.69, 9.17) is 12.2 Å². The molecule has 0 bridgehead atoms. The average molecular weight is 402 g/mol. The van der Waals surface area contributed by atoms with Crippen LogP contribution in [0.4, 0.5) is 5.69 Å². The van der Waals surface area contributed by atoms with Crippen molar-refractivity contribution in [3.8, 4) is 0 Å². The lowest BCUT2D eigenvalue weighted by Crippen LogP contribution is -2.44. The van der Waals surface area contributed by atoms with Gasteiger partial charge in [0.2, 0.25) is 0 Å². The Hall–Kier alpha value is -2.69. The van der Waals surface area contributed by atoms with Crippen molar-refractivity contribution in [2.24, 2.45) is 0 Å². The highest BCUT2D eigenvalue weighted by atomic mass is 32.1. The third-order valence-electron chi connectivity index (χ3n) is 5.50. The largest absolute Gasteiger partial charge is 0.354 e. The molecule has 3 aromatic carbocycles. The maximum Gasteiger partial charge on any atom is 0.171 e. The summed E-state index contributed by atoms with van der Waals surface area (Å²) >= 11 is 5.68. The highest BCUT2D eigenvalue weighted by Crippen LogP contribution is 2.31. The number of para-hydroxylation sites is 1. The van der Waals surface area contributed by atoms with Crippen molar-refractivity contribution in [2.75, 3.05) is 11.9 Å². The van der Waals surface area contributed by atoms with Gasteiger partial charge >= 0.3 is 0 Å². The molecule has 0 unspecified atom stereocenters. The second-order valence-electron chi connectivity index (χ2n) is 7.52. The molecule has 0 radical (unpaired) electrons. The van der Waals surface area contributed by atoms with Gasteiger partial charge in [0, 0.05) is 18.3 Å². The Balaban J connectivity index is 1.53. The van der Waals surface area contributed by atoms with Crippen molar-refractivity contribution in [3.63, 3.8) is 0 Å². The first-order valence-corrected chi connectivity index (χ1v) is 10.7. The molecule has 1 saturated heterocycles. The van der Waals surface area contributed by atoms with Crippen molar-refractivity contribution in [2.45, 2.75) is 31.5 Å². The summed E-state index contributed by atoms with van der Waals surface area (Å²) in [5.74, 6) is 0. The van der Waals surface area contributed by atoms with Crippen molar-refractivity contribution in [1.29, 1.82) is 0 Å². The number of hydrogen-bond donors (Lipinski definition) is 2. The fraction of sp³-hybridized carbons (Fsp3) is 0.240. The van der Waals surface area contributed by atoms with Gasteiger partial charge in [-0.1, -0.05) is 78.9 Å². The van der Waals surface area contributed by atoms with Crippen molar-refractivity contribution in [3.05, 3.63) is 102 Å². The molecule has 148 valence electrons. The molecule has 3 nitrogen and oxygen atoms in total. The maximum absolute atomic E-state index is 5.68. The number of likely N-dealkylation sites (tertiary alicyclic amines) is 1. The summed E-state index contributed by atoms with van der Waals surface area (Å²) in [4.78, 5) is 2.59. The van der Waals surface area contributed by atoms with E-state index in [1.807, 2.05) is 30.3 Å². The van der Waals surface area contributed by atoms with Crippen LogP contribution >= 0.6 is 12.2 Å². The van der Waals surface area contributed by atoms with Crippen LogP contribution in [0, 0.1) is 0 Å². The Morgan fingerprint density at radius 3 is 2.21 bits per heavy atom. The number of nitrogens with one attached hydrogen (secondary N) is 2. The number of nitrogens with zero attached hydrogens (tertiary/aromatic N) is 1. The predicted molar refractivity (Wildman–Crippen MR) is 125 cm³/mol. The number of benzene rings is 3. The minimum Gasteiger partial charge on any atom is -0.354 e. The minimum atomic E-state index is 0.145. The van der Waals surface area contributed by atoms with Gasteiger partial charge in [-0.3, -0.25) is 4.90 Å². The van der Waals surface area contributed by atoms with E-state index in [0.717, 1.165) is 25.2 Å². The van der Waals surface area contributed by atoms with Crippen LogP contribution in [0.15, 0.2) is 91.0 Å². The highest BCUT2D eigenvalue weighted by molar-refractivity contribution is 7.80. The van der Waals surface area contributed by atoms with E-state index in [0.29, 0.717) is 11.2 Å². The van der Waals surface area contributed by atoms with Gasteiger partial charge in [-0.25, -0.2) is 0 Å². The van der Waals surface area contributed by atoms with E-state index in [-0.39, 0.29) is 6.04 Å². The van der Waals surface area contributed by atoms with E-state index < -0.39 is 0 Å². The van der Waals surface area contributed by atoms with Gasteiger partial charge < -0.3 is 10.6 Å². The maximum atomic E-state index is 5.68. The molecule has 29 heavy (non-hydrogen) atoms. The normalized spacial score (nSPS) is 17.6. The molecule has 2 atom stereocenters. The molecule has 0 saturated carbocycles. The first kappa shape index (κ1) is 19.6. The van der Waals surface area contributed by atoms with Crippen LogP contribution < -0.4 is 10.6 Å². The second-order valence-corrected chi connectivity index (χ2v) is 7.93. The van der Waals surface area contributed by atoms with Crippen LogP contribution in [-0.4, -0.2) is 22.6 Å². The van der Waals surface area contributed by atoms with E-state index in [9.17, 15) is 0 Å². The van der Waals surface area contributed by atoms with Gasteiger partial charge in [0.25, 0.3) is 0 Å². The molecule has 0 amide bonds. The lowest BCUT2D eigenvalue weighted by Gasteiger charge is -2.33. The predicted octanol–water partition coefficient (Wildman–Crippen LogP) is 5.38. The van der Waals surface area contributed by atoms with Gasteiger partial charge in [-0.2, -0.15) is 0 Å². The lowest BCUT2D eigenvalue weighted by atomic mass is 9.97. The van der Waals surface area contributed by atoms with Crippen LogP contribution in [0.1, 0.15) is 30.0 Å². The van der Waals surface area contributed by atoms with Crippen LogP contribution in [0.2, 0.25) is 0 Å². The lowest BCUT2D eigenvalue weighted by molar-refractivity contribution is 0.208. The summed E-state index contributed by atoms with van der Waals surface area (Å²) in [6, 6.07) is 32.0. The zero-order valence-corrected chi connectivity index (χ0v) is 17.3. The molecule has 0 spiro atoms. The smallest absolute Gasteiger partial charge is 0.171 e. The molecule has 0 aromatic heterocycles. The molecule has 0 aliphatic carbocycles. The zero-order chi connectivity index (χ0) is 19.9. The van der Waals surface area contributed by atoms with Crippen molar-refractivity contribution in [1.82, 2.24) is 10.2 Å². The van der Waals surface area contributed by atoms with Crippen LogP contribution in [0.25, 0.3) is 0 Å². The first-order chi connectivity index (χ1) is 14.3. The van der Waals surface area contributed by atoms with Gasteiger partial charge in [0.15, 0.2) is 5.11 Å². The molecule has 1 aliphatic rings. The summed E-state index contributed by atoms with van der Waals surface area (Å²) in [6.07, 6.45) is 2.37. The SMILES string of the molecule is S=C(Nc1ccccc1)N[C@H](c1ccccc1)[C@@H]1CCCN1Cc1ccccc1. The van der Waals surface area contributed by atoms with E-state index >= 15 is 0 Å². The Morgan fingerprint density at radius 1 is 0.897 bits per heavy atom. The van der Waals surface area contributed by atoms with Crippen molar-refractivity contribution < 1.29 is 0 Å². The van der Waals surface area contributed by atoms with E-state index in [1.165, 1.54) is 17.5 Å². The first-order valence-electron chi connectivity index (χ1n) is 10.2. The molecule has 1 heterocycles. The van der Waals surface area contributed by atoms with Crippen molar-refractivity contribution >= 4 is 23.0 Å². The Bertz CT molecular complexity index is 899. The standard InChI is InChI=1S/C25H27N3S/c29-25(26-22-15-8-3-9-16-22)27-24(21-13-6-2-7-14-21)23-17-10-18-28(23)19-20-11-4-1-5-12-20/h1-9,11-16,23-24H,10,17-19H2,(H2,26,27,29)/t23-,24+/m0/s1. The van der Waals surface area contributed by atoms with Gasteiger partial charge in [-0.15, -0.1) is 0 Å². The Kier molecular flexibility index (Phi) is 6.55. The van der Waals surface area contributed by atoms with E-state index in [1.54, 1.807) is 0 Å². The fourth-order valence-electron chi connectivity index (χ4n) is 4.14. The number of rotatable bonds is 6. The summed E-state index contributed by atoms with van der Waals surface area (Å²) in [7, 11) is 0. The average Bonchev–Trinajstić information content (AvgIpc) is 3.22. The topological polar surface area (TPSA) is 27.3 Å². The summed E-state index contributed by atoms with van der Waals surface area (Å²) < 4.78 is 0. The monoisotopic (exact) mass is 401 g/mol. The van der Waals surface area contributed by atoms with Gasteiger partial charge in [0.05, 0.1) is 6.04 Å². The second kappa shape index (κ2) is 9.68. The summed E-state index contributed by atoms with van der Waals surface area (Å²) in [5.41, 5.74) is 3.63. The Morgan fingerprint density at radius 2 is 1.52 bits per heavy atom. The molecule has 4 rings (SSSR count). The molecule has 1 fully saturated rings. The molecule has 2 N–H and O–H groups in total. The third kappa shape index (κ3) is 5.22. The van der Waals surface area contributed by atoms with Crippen LogP contribution in [0.3, 0.4) is 0 Å². The molecule has 1 aliphatic heterocycles. The minimum absolute atomic E-state index is 0.145.